The predicted molar refractivity (Wildman–Crippen MR) is 119 cm³/mol. The van der Waals surface area contributed by atoms with Gasteiger partial charge in [0, 0.05) is 12.1 Å². The lowest BCUT2D eigenvalue weighted by molar-refractivity contribution is 0.0647. The normalized spacial score (nSPS) is 14.1. The Morgan fingerprint density at radius 1 is 1.00 bits per heavy atom. The monoisotopic (exact) mass is 431 g/mol. The van der Waals surface area contributed by atoms with Crippen molar-refractivity contribution >= 4 is 17.7 Å². The SMILES string of the molecule is CC(C)CCN1C(=O)c2ccc(C(=O)N[C@H](C)c3ccc(-n4cncn4)cc3)cc2C1=O. The minimum absolute atomic E-state index is 0.250. The summed E-state index contributed by atoms with van der Waals surface area (Å²) in [4.78, 5) is 43.3. The molecule has 0 unspecified atom stereocenters. The van der Waals surface area contributed by atoms with Crippen LogP contribution in [0.15, 0.2) is 55.1 Å². The fourth-order valence-corrected chi connectivity index (χ4v) is 3.64. The van der Waals surface area contributed by atoms with Gasteiger partial charge in [-0.15, -0.1) is 0 Å². The molecule has 1 aliphatic rings. The molecule has 8 heteroatoms. The summed E-state index contributed by atoms with van der Waals surface area (Å²) in [5.74, 6) is -0.551. The smallest absolute Gasteiger partial charge is 0.261 e. The van der Waals surface area contributed by atoms with Gasteiger partial charge in [-0.3, -0.25) is 19.3 Å². The molecule has 0 saturated carbocycles. The number of nitrogens with zero attached hydrogens (tertiary/aromatic N) is 4. The van der Waals surface area contributed by atoms with E-state index in [4.69, 9.17) is 0 Å². The summed E-state index contributed by atoms with van der Waals surface area (Å²) in [7, 11) is 0. The van der Waals surface area contributed by atoms with E-state index in [1.54, 1.807) is 23.1 Å². The Bertz CT molecular complexity index is 1150. The van der Waals surface area contributed by atoms with Gasteiger partial charge in [0.25, 0.3) is 17.7 Å². The summed E-state index contributed by atoms with van der Waals surface area (Å²) >= 11 is 0. The number of carbonyl (C=O) groups is 3. The minimum atomic E-state index is -0.336. The quantitative estimate of drug-likeness (QED) is 0.578. The van der Waals surface area contributed by atoms with Gasteiger partial charge in [-0.05, 0) is 55.2 Å². The van der Waals surface area contributed by atoms with Crippen molar-refractivity contribution in [2.24, 2.45) is 5.92 Å². The molecule has 8 nitrogen and oxygen atoms in total. The molecular formula is C24H25N5O3. The standard InChI is InChI=1S/C24H25N5O3/c1-15(2)10-11-28-23(31)20-9-6-18(12-21(20)24(28)32)22(30)27-16(3)17-4-7-19(8-5-17)29-14-25-13-26-29/h4-9,12-16H,10-11H2,1-3H3,(H,27,30)/t16-/m1/s1. The highest BCUT2D eigenvalue weighted by Gasteiger charge is 2.35. The van der Waals surface area contributed by atoms with Crippen molar-refractivity contribution in [3.8, 4) is 5.69 Å². The van der Waals surface area contributed by atoms with Crippen LogP contribution in [-0.2, 0) is 0 Å². The highest BCUT2D eigenvalue weighted by Crippen LogP contribution is 2.25. The van der Waals surface area contributed by atoms with E-state index in [9.17, 15) is 14.4 Å². The number of carbonyl (C=O) groups excluding carboxylic acids is 3. The summed E-state index contributed by atoms with van der Waals surface area (Å²) in [6.45, 7) is 6.36. The summed E-state index contributed by atoms with van der Waals surface area (Å²) in [6.07, 6.45) is 3.82. The van der Waals surface area contributed by atoms with Crippen LogP contribution in [0, 0.1) is 5.92 Å². The molecular weight excluding hydrogens is 406 g/mol. The number of amides is 3. The Morgan fingerprint density at radius 3 is 2.38 bits per heavy atom. The molecule has 0 spiro atoms. The molecule has 3 aromatic rings. The van der Waals surface area contributed by atoms with E-state index < -0.39 is 0 Å². The van der Waals surface area contributed by atoms with Crippen LogP contribution in [0.5, 0.6) is 0 Å². The number of imide groups is 1. The van der Waals surface area contributed by atoms with Crippen molar-refractivity contribution in [3.05, 3.63) is 77.4 Å². The van der Waals surface area contributed by atoms with Crippen molar-refractivity contribution in [1.29, 1.82) is 0 Å². The van der Waals surface area contributed by atoms with Crippen molar-refractivity contribution in [3.63, 3.8) is 0 Å². The van der Waals surface area contributed by atoms with Gasteiger partial charge < -0.3 is 5.32 Å². The number of hydrogen-bond donors (Lipinski definition) is 1. The lowest BCUT2D eigenvalue weighted by Crippen LogP contribution is -2.31. The lowest BCUT2D eigenvalue weighted by atomic mass is 10.0. The fraction of sp³-hybridized carbons (Fsp3) is 0.292. The molecule has 2 aromatic carbocycles. The second kappa shape index (κ2) is 8.74. The highest BCUT2D eigenvalue weighted by atomic mass is 16.2. The number of aromatic nitrogens is 3. The van der Waals surface area contributed by atoms with Crippen LogP contribution in [-0.4, -0.2) is 43.9 Å². The summed E-state index contributed by atoms with van der Waals surface area (Å²) < 4.78 is 1.65. The molecule has 0 saturated heterocycles. The number of nitrogens with one attached hydrogen (secondary N) is 1. The molecule has 2 heterocycles. The summed E-state index contributed by atoms with van der Waals surface area (Å²) in [5, 5.41) is 7.05. The van der Waals surface area contributed by atoms with Gasteiger partial charge in [0.2, 0.25) is 0 Å². The number of fused-ring (bicyclic) bond motifs is 1. The molecule has 32 heavy (non-hydrogen) atoms. The van der Waals surface area contributed by atoms with Crippen LogP contribution < -0.4 is 5.32 Å². The fourth-order valence-electron chi connectivity index (χ4n) is 3.64. The molecule has 164 valence electrons. The van der Waals surface area contributed by atoms with Gasteiger partial charge in [-0.2, -0.15) is 5.10 Å². The lowest BCUT2D eigenvalue weighted by Gasteiger charge is -2.15. The average molecular weight is 431 g/mol. The Kier molecular flexibility index (Phi) is 5.85. The molecule has 1 aromatic heterocycles. The zero-order valence-corrected chi connectivity index (χ0v) is 18.3. The van der Waals surface area contributed by atoms with Crippen LogP contribution in [0.1, 0.15) is 69.9 Å². The zero-order chi connectivity index (χ0) is 22.8. The third kappa shape index (κ3) is 4.16. The van der Waals surface area contributed by atoms with Gasteiger partial charge in [0.15, 0.2) is 0 Å². The molecule has 3 amide bonds. The molecule has 0 aliphatic carbocycles. The molecule has 0 fully saturated rings. The third-order valence-electron chi connectivity index (χ3n) is 5.59. The summed E-state index contributed by atoms with van der Waals surface area (Å²) in [5.41, 5.74) is 2.79. The zero-order valence-electron chi connectivity index (χ0n) is 18.3. The second-order valence-electron chi connectivity index (χ2n) is 8.33. The van der Waals surface area contributed by atoms with Gasteiger partial charge in [0.1, 0.15) is 12.7 Å². The van der Waals surface area contributed by atoms with E-state index >= 15 is 0 Å². The first-order valence-corrected chi connectivity index (χ1v) is 10.6. The summed E-state index contributed by atoms with van der Waals surface area (Å²) in [6, 6.07) is 12.1. The average Bonchev–Trinajstić information content (AvgIpc) is 3.40. The van der Waals surface area contributed by atoms with Gasteiger partial charge >= 0.3 is 0 Å². The maximum Gasteiger partial charge on any atom is 0.261 e. The van der Waals surface area contributed by atoms with Crippen LogP contribution in [0.25, 0.3) is 5.69 Å². The van der Waals surface area contributed by atoms with Crippen LogP contribution in [0.2, 0.25) is 0 Å². The van der Waals surface area contributed by atoms with Crippen LogP contribution >= 0.6 is 0 Å². The number of benzene rings is 2. The van der Waals surface area contributed by atoms with Crippen molar-refractivity contribution in [1.82, 2.24) is 25.0 Å². The predicted octanol–water partition coefficient (Wildman–Crippen LogP) is 3.40. The minimum Gasteiger partial charge on any atom is -0.346 e. The van der Waals surface area contributed by atoms with Gasteiger partial charge in [0.05, 0.1) is 22.9 Å². The largest absolute Gasteiger partial charge is 0.346 e. The Labute approximate surface area is 186 Å². The van der Waals surface area contributed by atoms with E-state index in [0.29, 0.717) is 23.6 Å². The molecule has 0 radical (unpaired) electrons. The molecule has 1 N–H and O–H groups in total. The van der Waals surface area contributed by atoms with E-state index in [2.05, 4.69) is 15.4 Å². The second-order valence-corrected chi connectivity index (χ2v) is 8.33. The Morgan fingerprint density at radius 2 is 1.72 bits per heavy atom. The Balaban J connectivity index is 1.46. The van der Waals surface area contributed by atoms with Crippen molar-refractivity contribution < 1.29 is 14.4 Å². The van der Waals surface area contributed by atoms with E-state index in [1.807, 2.05) is 45.0 Å². The van der Waals surface area contributed by atoms with Crippen molar-refractivity contribution in [2.45, 2.75) is 33.2 Å². The molecule has 1 atom stereocenters. The first-order chi connectivity index (χ1) is 15.3. The van der Waals surface area contributed by atoms with Gasteiger partial charge in [-0.25, -0.2) is 9.67 Å². The van der Waals surface area contributed by atoms with Crippen molar-refractivity contribution in [2.75, 3.05) is 6.54 Å². The number of hydrogen-bond acceptors (Lipinski definition) is 5. The molecule has 0 bridgehead atoms. The van der Waals surface area contributed by atoms with E-state index in [0.717, 1.165) is 17.7 Å². The van der Waals surface area contributed by atoms with Crippen LogP contribution in [0.4, 0.5) is 0 Å². The first kappa shape index (κ1) is 21.4. The highest BCUT2D eigenvalue weighted by molar-refractivity contribution is 6.22. The number of rotatable bonds is 7. The van der Waals surface area contributed by atoms with Crippen LogP contribution in [0.3, 0.4) is 0 Å². The van der Waals surface area contributed by atoms with E-state index in [1.165, 1.54) is 17.3 Å². The first-order valence-electron chi connectivity index (χ1n) is 10.6. The molecule has 4 rings (SSSR count). The maximum atomic E-state index is 12.8. The maximum absolute atomic E-state index is 12.8. The van der Waals surface area contributed by atoms with E-state index in [-0.39, 0.29) is 29.3 Å². The molecule has 1 aliphatic heterocycles. The third-order valence-corrected chi connectivity index (χ3v) is 5.59. The topological polar surface area (TPSA) is 97.2 Å². The van der Waals surface area contributed by atoms with Gasteiger partial charge in [-0.1, -0.05) is 26.0 Å². The Hall–Kier alpha value is -3.81.